The van der Waals surface area contributed by atoms with Gasteiger partial charge in [0, 0.05) is 17.7 Å². The number of hydrogen-bond acceptors (Lipinski definition) is 7. The van der Waals surface area contributed by atoms with Crippen LogP contribution in [0.4, 0.5) is 4.79 Å². The topological polar surface area (TPSA) is 100.0 Å². The van der Waals surface area contributed by atoms with Crippen LogP contribution in [0.5, 0.6) is 0 Å². The Labute approximate surface area is 172 Å². The van der Waals surface area contributed by atoms with Crippen LogP contribution in [0, 0.1) is 5.41 Å². The number of amides is 1. The Morgan fingerprint density at radius 2 is 2.36 bits per heavy atom. The second kappa shape index (κ2) is 9.28. The van der Waals surface area contributed by atoms with Gasteiger partial charge in [-0.25, -0.2) is 14.6 Å². The van der Waals surface area contributed by atoms with Crippen LogP contribution >= 0.6 is 23.1 Å². The molecule has 0 radical (unpaired) electrons. The average Bonchev–Trinajstić information content (AvgIpc) is 3.23. The number of hydrogen-bond donors (Lipinski definition) is 2. The zero-order chi connectivity index (χ0) is 20.1. The molecule has 2 atom stereocenters. The molecule has 7 nitrogen and oxygen atoms in total. The lowest BCUT2D eigenvalue weighted by Gasteiger charge is -2.45. The van der Waals surface area contributed by atoms with Crippen molar-refractivity contribution in [2.24, 2.45) is 5.41 Å². The largest absolute Gasteiger partial charge is 0.476 e. The van der Waals surface area contributed by atoms with E-state index in [1.54, 1.807) is 4.90 Å². The summed E-state index contributed by atoms with van der Waals surface area (Å²) in [5, 5.41) is 20.9. The van der Waals surface area contributed by atoms with E-state index in [4.69, 9.17) is 9.84 Å². The fourth-order valence-corrected chi connectivity index (χ4v) is 5.51. The molecule has 1 aliphatic carbocycles. The summed E-state index contributed by atoms with van der Waals surface area (Å²) in [6, 6.07) is -0.134. The fourth-order valence-electron chi connectivity index (χ4n) is 3.70. The standard InChI is InChI=1S/C19H26N2O5S2/c1-2-19(7-4-8-19)15(22)6-3-5-13-11-26-18(25)21(13)9-10-27-17-20-14(12-28-17)16(23)24/h3,5,12-13,15,22H,2,4,6-11H2,1H3,(H,23,24)/t13-,15-/m0/s1. The van der Waals surface area contributed by atoms with Gasteiger partial charge in [-0.05, 0) is 31.1 Å². The zero-order valence-electron chi connectivity index (χ0n) is 15.9. The summed E-state index contributed by atoms with van der Waals surface area (Å²) in [7, 11) is 0. The number of carboxylic acids is 1. The first-order valence-electron chi connectivity index (χ1n) is 9.55. The molecule has 9 heteroatoms. The number of cyclic esters (lactones) is 1. The van der Waals surface area contributed by atoms with Gasteiger partial charge in [-0.1, -0.05) is 37.3 Å². The number of thiazole rings is 1. The lowest BCUT2D eigenvalue weighted by atomic mass is 9.63. The van der Waals surface area contributed by atoms with Crippen molar-refractivity contribution in [2.45, 2.75) is 55.5 Å². The van der Waals surface area contributed by atoms with Crippen LogP contribution in [0.25, 0.3) is 0 Å². The number of aromatic nitrogens is 1. The van der Waals surface area contributed by atoms with Gasteiger partial charge in [0.25, 0.3) is 0 Å². The van der Waals surface area contributed by atoms with Gasteiger partial charge in [-0.2, -0.15) is 0 Å². The molecule has 1 saturated heterocycles. The molecule has 2 N–H and O–H groups in total. The Balaban J connectivity index is 1.47. The van der Waals surface area contributed by atoms with Crippen LogP contribution in [0.15, 0.2) is 21.9 Å². The number of aromatic carboxylic acids is 1. The molecule has 1 aliphatic heterocycles. The van der Waals surface area contributed by atoms with Crippen molar-refractivity contribution in [3.8, 4) is 0 Å². The van der Waals surface area contributed by atoms with E-state index in [-0.39, 0.29) is 29.3 Å². The van der Waals surface area contributed by atoms with Crippen LogP contribution < -0.4 is 0 Å². The van der Waals surface area contributed by atoms with Gasteiger partial charge in [-0.15, -0.1) is 11.3 Å². The SMILES string of the molecule is CCC1([C@@H](O)CC=C[C@H]2COC(=O)N2CCSc2nc(C(=O)O)cs2)CCC1. The van der Waals surface area contributed by atoms with E-state index < -0.39 is 5.97 Å². The van der Waals surface area contributed by atoms with Crippen LogP contribution in [-0.2, 0) is 4.74 Å². The van der Waals surface area contributed by atoms with E-state index in [9.17, 15) is 14.7 Å². The fraction of sp³-hybridized carbons (Fsp3) is 0.632. The maximum absolute atomic E-state index is 12.0. The Hall–Kier alpha value is -1.58. The summed E-state index contributed by atoms with van der Waals surface area (Å²) >= 11 is 2.71. The molecular formula is C19H26N2O5S2. The molecule has 1 aromatic rings. The molecule has 0 unspecified atom stereocenters. The second-order valence-electron chi connectivity index (χ2n) is 7.24. The highest BCUT2D eigenvalue weighted by atomic mass is 32.2. The Morgan fingerprint density at radius 1 is 1.57 bits per heavy atom. The summed E-state index contributed by atoms with van der Waals surface area (Å²) in [4.78, 5) is 28.6. The van der Waals surface area contributed by atoms with Crippen molar-refractivity contribution in [3.63, 3.8) is 0 Å². The molecule has 0 aromatic carbocycles. The first-order chi connectivity index (χ1) is 13.4. The summed E-state index contributed by atoms with van der Waals surface area (Å²) < 4.78 is 5.84. The van der Waals surface area contributed by atoms with E-state index in [1.807, 2.05) is 12.2 Å². The van der Waals surface area contributed by atoms with E-state index >= 15 is 0 Å². The highest BCUT2D eigenvalue weighted by Crippen LogP contribution is 2.47. The third-order valence-corrected chi connectivity index (χ3v) is 7.75. The summed E-state index contributed by atoms with van der Waals surface area (Å²) in [6.45, 7) is 2.94. The molecule has 2 heterocycles. The molecule has 3 rings (SSSR count). The summed E-state index contributed by atoms with van der Waals surface area (Å²) in [5.41, 5.74) is 0.120. The molecular weight excluding hydrogens is 400 g/mol. The van der Waals surface area contributed by atoms with Gasteiger partial charge in [0.05, 0.1) is 12.1 Å². The molecule has 0 bridgehead atoms. The van der Waals surface area contributed by atoms with Crippen molar-refractivity contribution < 1.29 is 24.5 Å². The van der Waals surface area contributed by atoms with Gasteiger partial charge in [0.1, 0.15) is 6.61 Å². The van der Waals surface area contributed by atoms with Crippen LogP contribution in [0.3, 0.4) is 0 Å². The number of thioether (sulfide) groups is 1. The normalized spacial score (nSPS) is 22.3. The Bertz CT molecular complexity index is 726. The molecule has 0 spiro atoms. The predicted molar refractivity (Wildman–Crippen MR) is 108 cm³/mol. The molecule has 28 heavy (non-hydrogen) atoms. The minimum atomic E-state index is -1.04. The number of nitrogens with zero attached hydrogens (tertiary/aromatic N) is 2. The number of carbonyl (C=O) groups excluding carboxylic acids is 1. The maximum Gasteiger partial charge on any atom is 0.410 e. The number of carboxylic acid groups (broad SMARTS) is 1. The molecule has 1 aromatic heterocycles. The summed E-state index contributed by atoms with van der Waals surface area (Å²) in [5.74, 6) is -0.432. The van der Waals surface area contributed by atoms with Crippen LogP contribution in [0.2, 0.25) is 0 Å². The number of carbonyl (C=O) groups is 2. The minimum Gasteiger partial charge on any atom is -0.476 e. The number of aliphatic hydroxyl groups is 1. The third kappa shape index (κ3) is 4.69. The van der Waals surface area contributed by atoms with Crippen molar-refractivity contribution in [1.82, 2.24) is 9.88 Å². The molecule has 154 valence electrons. The van der Waals surface area contributed by atoms with Gasteiger partial charge < -0.3 is 14.9 Å². The van der Waals surface area contributed by atoms with E-state index in [2.05, 4.69) is 11.9 Å². The summed E-state index contributed by atoms with van der Waals surface area (Å²) in [6.07, 6.45) is 8.20. The third-order valence-electron chi connectivity index (χ3n) is 5.75. The Morgan fingerprint density at radius 3 is 2.96 bits per heavy atom. The van der Waals surface area contributed by atoms with Crippen molar-refractivity contribution in [3.05, 3.63) is 23.2 Å². The first kappa shape index (κ1) is 21.1. The van der Waals surface area contributed by atoms with Gasteiger partial charge in [-0.3, -0.25) is 4.90 Å². The number of ether oxygens (including phenoxy) is 1. The van der Waals surface area contributed by atoms with E-state index in [1.165, 1.54) is 34.9 Å². The van der Waals surface area contributed by atoms with Crippen molar-refractivity contribution in [2.75, 3.05) is 18.9 Å². The predicted octanol–water partition coefficient (Wildman–Crippen LogP) is 3.64. The highest BCUT2D eigenvalue weighted by Gasteiger charge is 2.41. The van der Waals surface area contributed by atoms with E-state index in [0.29, 0.717) is 29.7 Å². The first-order valence-corrected chi connectivity index (χ1v) is 11.4. The Kier molecular flexibility index (Phi) is 7.00. The molecule has 2 aliphatic rings. The quantitative estimate of drug-likeness (QED) is 0.435. The van der Waals surface area contributed by atoms with Gasteiger partial charge in [0.2, 0.25) is 0 Å². The smallest absolute Gasteiger partial charge is 0.410 e. The van der Waals surface area contributed by atoms with Gasteiger partial charge in [0.15, 0.2) is 10.0 Å². The number of aliphatic hydroxyl groups excluding tert-OH is 1. The lowest BCUT2D eigenvalue weighted by Crippen LogP contribution is -2.40. The second-order valence-corrected chi connectivity index (χ2v) is 9.44. The van der Waals surface area contributed by atoms with Crippen LogP contribution in [-0.4, -0.2) is 63.2 Å². The molecule has 1 saturated carbocycles. The molecule has 2 fully saturated rings. The zero-order valence-corrected chi connectivity index (χ0v) is 17.5. The van der Waals surface area contributed by atoms with Crippen molar-refractivity contribution >= 4 is 35.2 Å². The van der Waals surface area contributed by atoms with Gasteiger partial charge >= 0.3 is 12.1 Å². The monoisotopic (exact) mass is 426 g/mol. The number of rotatable bonds is 10. The minimum absolute atomic E-state index is 0.0452. The lowest BCUT2D eigenvalue weighted by molar-refractivity contribution is -0.0355. The average molecular weight is 427 g/mol. The van der Waals surface area contributed by atoms with Crippen LogP contribution in [0.1, 0.15) is 49.5 Å². The highest BCUT2D eigenvalue weighted by molar-refractivity contribution is 8.01. The van der Waals surface area contributed by atoms with Crippen molar-refractivity contribution in [1.29, 1.82) is 0 Å². The molecule has 1 amide bonds. The maximum atomic E-state index is 12.0. The van der Waals surface area contributed by atoms with E-state index in [0.717, 1.165) is 19.3 Å².